The van der Waals surface area contributed by atoms with Gasteiger partial charge in [-0.2, -0.15) is 0 Å². The highest BCUT2D eigenvalue weighted by Gasteiger charge is 2.13. The molecule has 1 aliphatic carbocycles. The molecule has 0 saturated heterocycles. The van der Waals surface area contributed by atoms with E-state index in [4.69, 9.17) is 0 Å². The van der Waals surface area contributed by atoms with Gasteiger partial charge in [0.15, 0.2) is 0 Å². The van der Waals surface area contributed by atoms with Crippen molar-refractivity contribution in [2.24, 2.45) is 5.92 Å². The van der Waals surface area contributed by atoms with Gasteiger partial charge in [-0.3, -0.25) is 0 Å². The molecule has 1 fully saturated rings. The molecule has 0 amide bonds. The Kier molecular flexibility index (Phi) is 5.29. The maximum Gasteiger partial charge on any atom is 0.0351 e. The molecule has 2 aromatic heterocycles. The van der Waals surface area contributed by atoms with Crippen molar-refractivity contribution < 1.29 is 0 Å². The zero-order valence-electron chi connectivity index (χ0n) is 11.9. The molecule has 2 heterocycles. The summed E-state index contributed by atoms with van der Waals surface area (Å²) in [5.74, 6) is 1.03. The Bertz CT molecular complexity index is 495. The number of rotatable bonds is 7. The molecule has 0 atom stereocenters. The summed E-state index contributed by atoms with van der Waals surface area (Å²) in [5.41, 5.74) is 1.38. The van der Waals surface area contributed by atoms with Gasteiger partial charge in [0.2, 0.25) is 0 Å². The first kappa shape index (κ1) is 14.3. The summed E-state index contributed by atoms with van der Waals surface area (Å²) in [6, 6.07) is 6.66. The molecule has 3 rings (SSSR count). The molecule has 2 aromatic rings. The fourth-order valence-corrected chi connectivity index (χ4v) is 4.71. The van der Waals surface area contributed by atoms with Crippen molar-refractivity contribution in [2.75, 3.05) is 6.54 Å². The summed E-state index contributed by atoms with van der Waals surface area (Å²) in [4.78, 5) is 2.84. The lowest BCUT2D eigenvalue weighted by molar-refractivity contribution is 0.471. The molecular weight excluding hydrogens is 282 g/mol. The first-order valence-electron chi connectivity index (χ1n) is 7.74. The van der Waals surface area contributed by atoms with Crippen LogP contribution in [0.2, 0.25) is 0 Å². The van der Waals surface area contributed by atoms with Crippen molar-refractivity contribution in [2.45, 2.75) is 45.1 Å². The first-order valence-corrected chi connectivity index (χ1v) is 9.50. The second-order valence-corrected chi connectivity index (χ2v) is 7.69. The third kappa shape index (κ3) is 3.94. The molecule has 1 nitrogen and oxygen atoms in total. The smallest absolute Gasteiger partial charge is 0.0351 e. The molecule has 20 heavy (non-hydrogen) atoms. The Balaban J connectivity index is 1.36. The van der Waals surface area contributed by atoms with Gasteiger partial charge in [0.05, 0.1) is 0 Å². The van der Waals surface area contributed by atoms with Crippen LogP contribution in [0.1, 0.15) is 43.4 Å². The highest BCUT2D eigenvalue weighted by Crippen LogP contribution is 2.29. The van der Waals surface area contributed by atoms with Crippen molar-refractivity contribution in [3.05, 3.63) is 33.8 Å². The number of hydrogen-bond donors (Lipinski definition) is 1. The van der Waals surface area contributed by atoms with E-state index < -0.39 is 0 Å². The lowest BCUT2D eigenvalue weighted by Crippen LogP contribution is -2.14. The topological polar surface area (TPSA) is 12.0 Å². The summed E-state index contributed by atoms with van der Waals surface area (Å²) in [6.07, 6.45) is 8.67. The Labute approximate surface area is 130 Å². The van der Waals surface area contributed by atoms with Gasteiger partial charge in [-0.1, -0.05) is 31.7 Å². The molecule has 3 heteroatoms. The van der Waals surface area contributed by atoms with Gasteiger partial charge < -0.3 is 5.32 Å². The fraction of sp³-hybridized carbons (Fsp3) is 0.529. The van der Waals surface area contributed by atoms with Gasteiger partial charge >= 0.3 is 0 Å². The summed E-state index contributed by atoms with van der Waals surface area (Å²) < 4.78 is 0. The minimum absolute atomic E-state index is 1.03. The average molecular weight is 306 g/mol. The normalized spacial score (nSPS) is 16.0. The molecule has 0 aromatic carbocycles. The fourth-order valence-electron chi connectivity index (χ4n) is 3.07. The first-order chi connectivity index (χ1) is 9.92. The molecule has 0 unspecified atom stereocenters. The van der Waals surface area contributed by atoms with Gasteiger partial charge in [-0.05, 0) is 48.2 Å². The Hall–Kier alpha value is -0.640. The molecule has 0 radical (unpaired) electrons. The molecule has 0 bridgehead atoms. The van der Waals surface area contributed by atoms with E-state index in [-0.39, 0.29) is 0 Å². The Morgan fingerprint density at radius 2 is 2.10 bits per heavy atom. The second kappa shape index (κ2) is 7.39. The van der Waals surface area contributed by atoms with Gasteiger partial charge in [-0.15, -0.1) is 22.7 Å². The number of thiophene rings is 2. The van der Waals surface area contributed by atoms with Crippen molar-refractivity contribution in [1.82, 2.24) is 5.32 Å². The van der Waals surface area contributed by atoms with Crippen LogP contribution in [0.25, 0.3) is 10.4 Å². The SMILES string of the molecule is c1csc(-c2csc(CNCCCC3CCCC3)c2)c1. The minimum Gasteiger partial charge on any atom is -0.312 e. The van der Waals surface area contributed by atoms with Crippen molar-refractivity contribution in [3.8, 4) is 10.4 Å². The van der Waals surface area contributed by atoms with Crippen LogP contribution in [0.5, 0.6) is 0 Å². The lowest BCUT2D eigenvalue weighted by atomic mass is 10.0. The number of nitrogens with one attached hydrogen (secondary N) is 1. The monoisotopic (exact) mass is 305 g/mol. The van der Waals surface area contributed by atoms with Crippen LogP contribution in [0, 0.1) is 5.92 Å². The zero-order chi connectivity index (χ0) is 13.6. The van der Waals surface area contributed by atoms with Crippen molar-refractivity contribution in [1.29, 1.82) is 0 Å². The van der Waals surface area contributed by atoms with Gasteiger partial charge in [0.25, 0.3) is 0 Å². The minimum atomic E-state index is 1.03. The van der Waals surface area contributed by atoms with Crippen LogP contribution in [0.3, 0.4) is 0 Å². The molecule has 1 aliphatic rings. The summed E-state index contributed by atoms with van der Waals surface area (Å²) >= 11 is 3.70. The van der Waals surface area contributed by atoms with E-state index in [0.29, 0.717) is 0 Å². The predicted molar refractivity (Wildman–Crippen MR) is 90.5 cm³/mol. The molecular formula is C17H23NS2. The van der Waals surface area contributed by atoms with Gasteiger partial charge in [-0.25, -0.2) is 0 Å². The van der Waals surface area contributed by atoms with Crippen LogP contribution >= 0.6 is 22.7 Å². The largest absolute Gasteiger partial charge is 0.312 e. The summed E-state index contributed by atoms with van der Waals surface area (Å²) in [5, 5.41) is 8.02. The summed E-state index contributed by atoms with van der Waals surface area (Å²) in [7, 11) is 0. The van der Waals surface area contributed by atoms with Crippen molar-refractivity contribution in [3.63, 3.8) is 0 Å². The van der Waals surface area contributed by atoms with Crippen LogP contribution < -0.4 is 5.32 Å². The van der Waals surface area contributed by atoms with Gasteiger partial charge in [0, 0.05) is 21.9 Å². The maximum absolute atomic E-state index is 3.60. The second-order valence-electron chi connectivity index (χ2n) is 5.75. The molecule has 1 N–H and O–H groups in total. The predicted octanol–water partition coefficient (Wildman–Crippen LogP) is 5.54. The highest BCUT2D eigenvalue weighted by molar-refractivity contribution is 7.14. The molecule has 0 aliphatic heterocycles. The van der Waals surface area contributed by atoms with E-state index >= 15 is 0 Å². The third-order valence-corrected chi connectivity index (χ3v) is 6.06. The average Bonchev–Trinajstić information content (AvgIpc) is 3.21. The summed E-state index contributed by atoms with van der Waals surface area (Å²) in [6.45, 7) is 2.20. The lowest BCUT2D eigenvalue weighted by Gasteiger charge is -2.08. The van der Waals surface area contributed by atoms with Crippen LogP contribution in [-0.2, 0) is 6.54 Å². The van der Waals surface area contributed by atoms with Crippen LogP contribution in [0.4, 0.5) is 0 Å². The Morgan fingerprint density at radius 1 is 1.20 bits per heavy atom. The third-order valence-electron chi connectivity index (χ3n) is 4.20. The van der Waals surface area contributed by atoms with Crippen LogP contribution in [0.15, 0.2) is 29.0 Å². The van der Waals surface area contributed by atoms with E-state index in [2.05, 4.69) is 34.3 Å². The zero-order valence-corrected chi connectivity index (χ0v) is 13.6. The maximum atomic E-state index is 3.60. The van der Waals surface area contributed by atoms with Crippen LogP contribution in [-0.4, -0.2) is 6.54 Å². The van der Waals surface area contributed by atoms with Gasteiger partial charge in [0.1, 0.15) is 0 Å². The number of hydrogen-bond acceptors (Lipinski definition) is 3. The van der Waals surface area contributed by atoms with Crippen molar-refractivity contribution >= 4 is 22.7 Å². The van der Waals surface area contributed by atoms with E-state index in [9.17, 15) is 0 Å². The molecule has 108 valence electrons. The molecule has 1 saturated carbocycles. The van der Waals surface area contributed by atoms with E-state index in [1.807, 2.05) is 22.7 Å². The van der Waals surface area contributed by atoms with E-state index in [1.165, 1.54) is 60.4 Å². The van der Waals surface area contributed by atoms with E-state index in [1.54, 1.807) is 0 Å². The Morgan fingerprint density at radius 3 is 2.90 bits per heavy atom. The standard InChI is InChI=1S/C17H23NS2/c1-2-6-14(5-1)7-3-9-18-12-16-11-15(13-20-16)17-8-4-10-19-17/h4,8,10-11,13-14,18H,1-3,5-7,9,12H2. The highest BCUT2D eigenvalue weighted by atomic mass is 32.1. The van der Waals surface area contributed by atoms with E-state index in [0.717, 1.165) is 12.5 Å². The quantitative estimate of drug-likeness (QED) is 0.663. The molecule has 0 spiro atoms.